The van der Waals surface area contributed by atoms with Gasteiger partial charge in [-0.3, -0.25) is 0 Å². The Morgan fingerprint density at radius 1 is 1.07 bits per heavy atom. The van der Waals surface area contributed by atoms with E-state index in [1.54, 1.807) is 0 Å². The lowest BCUT2D eigenvalue weighted by Crippen LogP contribution is -1.99. The molecule has 0 aromatic carbocycles. The number of hydrogen-bond acceptors (Lipinski definition) is 2. The number of hydrogen-bond donors (Lipinski definition) is 0. The summed E-state index contributed by atoms with van der Waals surface area (Å²) in [5, 5.41) is 0. The Morgan fingerprint density at radius 3 is 2.36 bits per heavy atom. The summed E-state index contributed by atoms with van der Waals surface area (Å²) in [5.74, 6) is -0.250. The highest BCUT2D eigenvalue weighted by atomic mass is 16.5. The maximum absolute atomic E-state index is 11.0. The fourth-order valence-electron chi connectivity index (χ4n) is 0.877. The standard InChI is InChI=1S/C12H20O2/c1-3-5-7-9-11-14-12(13)10-8-6-4-2/h7-10H,3-6,11H2,1-2H3/b9-7+,10-8+. The Balaban J connectivity index is 3.44. The fraction of sp³-hybridized carbons (Fsp3) is 0.583. The van der Waals surface area contributed by atoms with Crippen LogP contribution in [0.25, 0.3) is 0 Å². The molecular weight excluding hydrogens is 176 g/mol. The first kappa shape index (κ1) is 12.9. The molecule has 0 amide bonds. The van der Waals surface area contributed by atoms with E-state index >= 15 is 0 Å². The maximum Gasteiger partial charge on any atom is 0.330 e. The third-order valence-corrected chi connectivity index (χ3v) is 1.65. The second-order valence-electron chi connectivity index (χ2n) is 3.08. The number of ether oxygens (including phenoxy) is 1. The van der Waals surface area contributed by atoms with Crippen LogP contribution in [0.1, 0.15) is 39.5 Å². The van der Waals surface area contributed by atoms with Gasteiger partial charge in [-0.2, -0.15) is 0 Å². The molecule has 0 bridgehead atoms. The fourth-order valence-corrected chi connectivity index (χ4v) is 0.877. The molecule has 0 aliphatic heterocycles. The summed E-state index contributed by atoms with van der Waals surface area (Å²) < 4.78 is 4.92. The lowest BCUT2D eigenvalue weighted by Gasteiger charge is -1.95. The second kappa shape index (κ2) is 10.0. The Morgan fingerprint density at radius 2 is 1.71 bits per heavy atom. The molecule has 0 spiro atoms. The second-order valence-corrected chi connectivity index (χ2v) is 3.08. The van der Waals surface area contributed by atoms with Crippen LogP contribution >= 0.6 is 0 Å². The number of esters is 1. The molecular formula is C12H20O2. The van der Waals surface area contributed by atoms with E-state index in [2.05, 4.69) is 13.8 Å². The van der Waals surface area contributed by atoms with E-state index in [9.17, 15) is 4.79 Å². The van der Waals surface area contributed by atoms with Gasteiger partial charge in [0.05, 0.1) is 0 Å². The van der Waals surface area contributed by atoms with Crippen LogP contribution in [0.5, 0.6) is 0 Å². The Hall–Kier alpha value is -1.05. The third-order valence-electron chi connectivity index (χ3n) is 1.65. The smallest absolute Gasteiger partial charge is 0.330 e. The molecule has 80 valence electrons. The van der Waals surface area contributed by atoms with Crippen molar-refractivity contribution < 1.29 is 9.53 Å². The van der Waals surface area contributed by atoms with E-state index in [4.69, 9.17) is 4.74 Å². The molecule has 2 heteroatoms. The van der Waals surface area contributed by atoms with E-state index in [1.807, 2.05) is 18.2 Å². The van der Waals surface area contributed by atoms with Gasteiger partial charge in [0.15, 0.2) is 0 Å². The SMILES string of the molecule is CCC/C=C/COC(=O)/C=C/CCC. The van der Waals surface area contributed by atoms with Gasteiger partial charge in [0.25, 0.3) is 0 Å². The zero-order chi connectivity index (χ0) is 10.6. The number of rotatable bonds is 7. The Kier molecular flexibility index (Phi) is 9.28. The highest BCUT2D eigenvalue weighted by molar-refractivity contribution is 5.81. The Bertz CT molecular complexity index is 192. The van der Waals surface area contributed by atoms with Crippen molar-refractivity contribution in [3.63, 3.8) is 0 Å². The van der Waals surface area contributed by atoms with Crippen LogP contribution < -0.4 is 0 Å². The molecule has 0 aromatic heterocycles. The molecule has 0 saturated carbocycles. The molecule has 0 heterocycles. The van der Waals surface area contributed by atoms with E-state index < -0.39 is 0 Å². The van der Waals surface area contributed by atoms with Crippen LogP contribution in [0.3, 0.4) is 0 Å². The average Bonchev–Trinajstić information content (AvgIpc) is 2.18. The minimum atomic E-state index is -0.250. The number of carbonyl (C=O) groups is 1. The van der Waals surface area contributed by atoms with Gasteiger partial charge in [-0.05, 0) is 12.8 Å². The van der Waals surface area contributed by atoms with Crippen molar-refractivity contribution in [2.24, 2.45) is 0 Å². The normalized spacial score (nSPS) is 11.3. The van der Waals surface area contributed by atoms with Gasteiger partial charge >= 0.3 is 5.97 Å². The van der Waals surface area contributed by atoms with E-state index in [0.29, 0.717) is 6.61 Å². The first-order chi connectivity index (χ1) is 6.81. The lowest BCUT2D eigenvalue weighted by molar-refractivity contribution is -0.136. The summed E-state index contributed by atoms with van der Waals surface area (Å²) in [4.78, 5) is 11.0. The van der Waals surface area contributed by atoms with Gasteiger partial charge in [0.1, 0.15) is 6.61 Å². The average molecular weight is 196 g/mol. The van der Waals surface area contributed by atoms with Gasteiger partial charge in [-0.15, -0.1) is 0 Å². The topological polar surface area (TPSA) is 26.3 Å². The molecule has 0 aliphatic rings. The third kappa shape index (κ3) is 9.04. The zero-order valence-corrected chi connectivity index (χ0v) is 9.16. The summed E-state index contributed by atoms with van der Waals surface area (Å²) in [6.07, 6.45) is 11.4. The molecule has 0 unspecified atom stereocenters. The van der Waals surface area contributed by atoms with Crippen LogP contribution in [-0.2, 0) is 9.53 Å². The van der Waals surface area contributed by atoms with Crippen LogP contribution in [-0.4, -0.2) is 12.6 Å². The van der Waals surface area contributed by atoms with Gasteiger partial charge in [-0.25, -0.2) is 4.79 Å². The highest BCUT2D eigenvalue weighted by Crippen LogP contribution is 1.91. The summed E-state index contributed by atoms with van der Waals surface area (Å²) in [7, 11) is 0. The maximum atomic E-state index is 11.0. The Labute approximate surface area is 86.6 Å². The zero-order valence-electron chi connectivity index (χ0n) is 9.16. The van der Waals surface area contributed by atoms with Gasteiger partial charge < -0.3 is 4.74 Å². The van der Waals surface area contributed by atoms with Crippen molar-refractivity contribution in [2.75, 3.05) is 6.61 Å². The van der Waals surface area contributed by atoms with Crippen molar-refractivity contribution in [1.29, 1.82) is 0 Å². The van der Waals surface area contributed by atoms with E-state index in [1.165, 1.54) is 6.08 Å². The number of carbonyl (C=O) groups excluding carboxylic acids is 1. The van der Waals surface area contributed by atoms with E-state index in [0.717, 1.165) is 25.7 Å². The molecule has 0 fully saturated rings. The van der Waals surface area contributed by atoms with Crippen molar-refractivity contribution in [1.82, 2.24) is 0 Å². The monoisotopic (exact) mass is 196 g/mol. The molecule has 0 radical (unpaired) electrons. The lowest BCUT2D eigenvalue weighted by atomic mass is 10.3. The summed E-state index contributed by atoms with van der Waals surface area (Å²) in [6.45, 7) is 4.57. The van der Waals surface area contributed by atoms with Crippen molar-refractivity contribution in [2.45, 2.75) is 39.5 Å². The van der Waals surface area contributed by atoms with Crippen LogP contribution in [0.15, 0.2) is 24.3 Å². The summed E-state index contributed by atoms with van der Waals surface area (Å²) >= 11 is 0. The minimum Gasteiger partial charge on any atom is -0.458 e. The van der Waals surface area contributed by atoms with Crippen LogP contribution in [0, 0.1) is 0 Å². The van der Waals surface area contributed by atoms with Crippen molar-refractivity contribution in [3.05, 3.63) is 24.3 Å². The summed E-state index contributed by atoms with van der Waals surface area (Å²) in [5.41, 5.74) is 0. The van der Waals surface area contributed by atoms with Crippen molar-refractivity contribution >= 4 is 5.97 Å². The van der Waals surface area contributed by atoms with Crippen LogP contribution in [0.2, 0.25) is 0 Å². The predicted molar refractivity (Wildman–Crippen MR) is 59.1 cm³/mol. The predicted octanol–water partition coefficient (Wildman–Crippen LogP) is 3.24. The van der Waals surface area contributed by atoms with Crippen molar-refractivity contribution in [3.8, 4) is 0 Å². The number of unbranched alkanes of at least 4 members (excludes halogenated alkanes) is 2. The van der Waals surface area contributed by atoms with Gasteiger partial charge in [-0.1, -0.05) is 44.9 Å². The first-order valence-electron chi connectivity index (χ1n) is 5.29. The molecule has 14 heavy (non-hydrogen) atoms. The van der Waals surface area contributed by atoms with E-state index in [-0.39, 0.29) is 5.97 Å². The summed E-state index contributed by atoms with van der Waals surface area (Å²) in [6, 6.07) is 0. The minimum absolute atomic E-state index is 0.250. The largest absolute Gasteiger partial charge is 0.458 e. The molecule has 0 aromatic rings. The van der Waals surface area contributed by atoms with Crippen LogP contribution in [0.4, 0.5) is 0 Å². The highest BCUT2D eigenvalue weighted by Gasteiger charge is 1.92. The molecule has 0 aliphatic carbocycles. The number of allylic oxidation sites excluding steroid dienone is 2. The first-order valence-corrected chi connectivity index (χ1v) is 5.29. The molecule has 0 saturated heterocycles. The molecule has 0 atom stereocenters. The van der Waals surface area contributed by atoms with Gasteiger partial charge in [0.2, 0.25) is 0 Å². The molecule has 0 N–H and O–H groups in total. The molecule has 0 rings (SSSR count). The van der Waals surface area contributed by atoms with Gasteiger partial charge in [0, 0.05) is 6.08 Å². The quantitative estimate of drug-likeness (QED) is 0.355. The molecule has 2 nitrogen and oxygen atoms in total.